The molecule has 4 nitrogen and oxygen atoms in total. The van der Waals surface area contributed by atoms with Crippen molar-refractivity contribution < 1.29 is 9.90 Å². The van der Waals surface area contributed by atoms with Gasteiger partial charge in [0.15, 0.2) is 0 Å². The molecular weight excluding hydrogens is 324 g/mol. The standard InChI is InChI=1S/C22H18N2O2/c25-22(26)21-19(12-13-20-23-14-15-24(20)21)11-8-16-6-9-18(10-7-16)17-4-2-1-3-5-17/h1-7,9-10,12-15H,8,11H2,(H,25,26). The molecule has 0 bridgehead atoms. The molecule has 0 aliphatic carbocycles. The topological polar surface area (TPSA) is 54.6 Å². The number of pyridine rings is 1. The van der Waals surface area contributed by atoms with Gasteiger partial charge in [-0.1, -0.05) is 60.7 Å². The molecule has 2 heterocycles. The van der Waals surface area contributed by atoms with E-state index in [0.29, 0.717) is 17.8 Å². The third-order valence-corrected chi connectivity index (χ3v) is 4.59. The van der Waals surface area contributed by atoms with E-state index >= 15 is 0 Å². The Morgan fingerprint density at radius 2 is 1.62 bits per heavy atom. The smallest absolute Gasteiger partial charge is 0.353 e. The molecule has 0 saturated heterocycles. The number of hydrogen-bond acceptors (Lipinski definition) is 2. The molecule has 128 valence electrons. The minimum atomic E-state index is -0.928. The number of carboxylic acid groups (broad SMARTS) is 1. The van der Waals surface area contributed by atoms with Crippen LogP contribution in [0.3, 0.4) is 0 Å². The Morgan fingerprint density at radius 3 is 2.35 bits per heavy atom. The van der Waals surface area contributed by atoms with Crippen LogP contribution in [0.15, 0.2) is 79.1 Å². The minimum Gasteiger partial charge on any atom is -0.477 e. The second-order valence-corrected chi connectivity index (χ2v) is 6.23. The summed E-state index contributed by atoms with van der Waals surface area (Å²) in [6, 6.07) is 22.4. The molecule has 0 unspecified atom stereocenters. The summed E-state index contributed by atoms with van der Waals surface area (Å²) in [4.78, 5) is 15.9. The van der Waals surface area contributed by atoms with Crippen molar-refractivity contribution in [3.8, 4) is 11.1 Å². The lowest BCUT2D eigenvalue weighted by molar-refractivity contribution is 0.0687. The molecule has 0 spiro atoms. The lowest BCUT2D eigenvalue weighted by Gasteiger charge is -2.09. The molecule has 4 aromatic rings. The first-order valence-corrected chi connectivity index (χ1v) is 8.55. The molecule has 0 aliphatic rings. The molecule has 0 saturated carbocycles. The second kappa shape index (κ2) is 6.84. The number of nitrogens with zero attached hydrogens (tertiary/aromatic N) is 2. The van der Waals surface area contributed by atoms with Crippen LogP contribution in [-0.4, -0.2) is 20.5 Å². The fourth-order valence-electron chi connectivity index (χ4n) is 3.25. The van der Waals surface area contributed by atoms with Gasteiger partial charge in [-0.3, -0.25) is 4.40 Å². The number of rotatable bonds is 5. The number of fused-ring (bicyclic) bond motifs is 1. The molecular formula is C22H18N2O2. The van der Waals surface area contributed by atoms with Crippen molar-refractivity contribution in [2.24, 2.45) is 0 Å². The highest BCUT2D eigenvalue weighted by Crippen LogP contribution is 2.21. The maximum atomic E-state index is 11.7. The number of imidazole rings is 1. The predicted octanol–water partition coefficient (Wildman–Crippen LogP) is 4.48. The van der Waals surface area contributed by atoms with Crippen LogP contribution in [0.2, 0.25) is 0 Å². The van der Waals surface area contributed by atoms with E-state index in [4.69, 9.17) is 0 Å². The maximum Gasteiger partial charge on any atom is 0.353 e. The molecule has 1 N–H and O–H groups in total. The Bertz CT molecular complexity index is 1050. The molecule has 2 aromatic carbocycles. The molecule has 0 fully saturated rings. The first-order valence-electron chi connectivity index (χ1n) is 8.55. The van der Waals surface area contributed by atoms with Crippen molar-refractivity contribution in [2.45, 2.75) is 12.8 Å². The fraction of sp³-hybridized carbons (Fsp3) is 0.0909. The molecule has 0 radical (unpaired) electrons. The van der Waals surface area contributed by atoms with Gasteiger partial charge < -0.3 is 5.11 Å². The zero-order valence-electron chi connectivity index (χ0n) is 14.2. The van der Waals surface area contributed by atoms with E-state index in [1.165, 1.54) is 16.7 Å². The average Bonchev–Trinajstić information content (AvgIpc) is 3.15. The van der Waals surface area contributed by atoms with E-state index < -0.39 is 5.97 Å². The van der Waals surface area contributed by atoms with E-state index in [9.17, 15) is 9.90 Å². The summed E-state index contributed by atoms with van der Waals surface area (Å²) >= 11 is 0. The van der Waals surface area contributed by atoms with E-state index in [-0.39, 0.29) is 0 Å². The van der Waals surface area contributed by atoms with Gasteiger partial charge in [-0.15, -0.1) is 0 Å². The van der Waals surface area contributed by atoms with Gasteiger partial charge in [0.05, 0.1) is 0 Å². The van der Waals surface area contributed by atoms with Crippen LogP contribution in [0.4, 0.5) is 0 Å². The Kier molecular flexibility index (Phi) is 4.23. The lowest BCUT2D eigenvalue weighted by Crippen LogP contribution is -2.10. The van der Waals surface area contributed by atoms with E-state index in [1.54, 1.807) is 16.8 Å². The van der Waals surface area contributed by atoms with Gasteiger partial charge >= 0.3 is 5.97 Å². The van der Waals surface area contributed by atoms with Crippen molar-refractivity contribution in [1.82, 2.24) is 9.38 Å². The first kappa shape index (κ1) is 16.1. The van der Waals surface area contributed by atoms with Gasteiger partial charge in [0, 0.05) is 12.4 Å². The second-order valence-electron chi connectivity index (χ2n) is 6.23. The lowest BCUT2D eigenvalue weighted by atomic mass is 9.99. The molecule has 0 aliphatic heterocycles. The highest BCUT2D eigenvalue weighted by molar-refractivity contribution is 5.88. The van der Waals surface area contributed by atoms with Crippen molar-refractivity contribution in [3.05, 3.63) is 95.9 Å². The van der Waals surface area contributed by atoms with Crippen LogP contribution < -0.4 is 0 Å². The van der Waals surface area contributed by atoms with E-state index in [2.05, 4.69) is 41.4 Å². The van der Waals surface area contributed by atoms with Crippen LogP contribution in [-0.2, 0) is 12.8 Å². The molecule has 26 heavy (non-hydrogen) atoms. The van der Waals surface area contributed by atoms with Crippen molar-refractivity contribution >= 4 is 11.6 Å². The minimum absolute atomic E-state index is 0.293. The largest absolute Gasteiger partial charge is 0.477 e. The van der Waals surface area contributed by atoms with Crippen LogP contribution in [0, 0.1) is 0 Å². The zero-order chi connectivity index (χ0) is 17.9. The molecule has 2 aromatic heterocycles. The Morgan fingerprint density at radius 1 is 0.885 bits per heavy atom. The number of aromatic carboxylic acids is 1. The highest BCUT2D eigenvalue weighted by Gasteiger charge is 2.14. The average molecular weight is 342 g/mol. The van der Waals surface area contributed by atoms with Crippen molar-refractivity contribution in [3.63, 3.8) is 0 Å². The summed E-state index contributed by atoms with van der Waals surface area (Å²) in [7, 11) is 0. The molecule has 0 amide bonds. The number of aryl methyl sites for hydroxylation is 2. The quantitative estimate of drug-likeness (QED) is 0.581. The maximum absolute atomic E-state index is 11.7. The van der Waals surface area contributed by atoms with Crippen molar-refractivity contribution in [2.75, 3.05) is 0 Å². The van der Waals surface area contributed by atoms with Gasteiger partial charge in [-0.05, 0) is 41.2 Å². The third-order valence-electron chi connectivity index (χ3n) is 4.59. The van der Waals surface area contributed by atoms with Crippen LogP contribution in [0.25, 0.3) is 16.8 Å². The monoisotopic (exact) mass is 342 g/mol. The van der Waals surface area contributed by atoms with Gasteiger partial charge in [0.1, 0.15) is 11.3 Å². The first-order chi connectivity index (χ1) is 12.7. The Hall–Kier alpha value is -3.40. The summed E-state index contributed by atoms with van der Waals surface area (Å²) in [5.41, 5.74) is 5.32. The van der Waals surface area contributed by atoms with Gasteiger partial charge in [-0.2, -0.15) is 0 Å². The number of carboxylic acids is 1. The van der Waals surface area contributed by atoms with Crippen LogP contribution in [0.1, 0.15) is 21.6 Å². The van der Waals surface area contributed by atoms with Crippen LogP contribution in [0.5, 0.6) is 0 Å². The van der Waals surface area contributed by atoms with Crippen LogP contribution >= 0.6 is 0 Å². The number of aromatic nitrogens is 2. The Balaban J connectivity index is 1.55. The molecule has 4 heteroatoms. The third kappa shape index (κ3) is 3.09. The number of benzene rings is 2. The Labute approximate surface area is 151 Å². The predicted molar refractivity (Wildman–Crippen MR) is 101 cm³/mol. The van der Waals surface area contributed by atoms with Gasteiger partial charge in [-0.25, -0.2) is 9.78 Å². The SMILES string of the molecule is O=C(O)c1c(CCc2ccc(-c3ccccc3)cc2)ccc2nccn12. The normalized spacial score (nSPS) is 10.9. The highest BCUT2D eigenvalue weighted by atomic mass is 16.4. The zero-order valence-corrected chi connectivity index (χ0v) is 14.2. The summed E-state index contributed by atoms with van der Waals surface area (Å²) in [6.45, 7) is 0. The van der Waals surface area contributed by atoms with Gasteiger partial charge in [0.2, 0.25) is 0 Å². The van der Waals surface area contributed by atoms with Crippen molar-refractivity contribution in [1.29, 1.82) is 0 Å². The number of carbonyl (C=O) groups is 1. The van der Waals surface area contributed by atoms with E-state index in [0.717, 1.165) is 12.0 Å². The summed E-state index contributed by atoms with van der Waals surface area (Å²) in [5.74, 6) is -0.928. The summed E-state index contributed by atoms with van der Waals surface area (Å²) in [6.07, 6.45) is 4.76. The summed E-state index contributed by atoms with van der Waals surface area (Å²) < 4.78 is 1.64. The van der Waals surface area contributed by atoms with Gasteiger partial charge in [0.25, 0.3) is 0 Å². The summed E-state index contributed by atoms with van der Waals surface area (Å²) in [5, 5.41) is 9.59. The van der Waals surface area contributed by atoms with E-state index in [1.807, 2.05) is 30.3 Å². The number of hydrogen-bond donors (Lipinski definition) is 1. The molecule has 0 atom stereocenters. The molecule has 4 rings (SSSR count). The fourth-order valence-corrected chi connectivity index (χ4v) is 3.25.